The van der Waals surface area contributed by atoms with Gasteiger partial charge in [0.1, 0.15) is 17.5 Å². The van der Waals surface area contributed by atoms with Crippen LogP contribution in [0, 0.1) is 0 Å². The van der Waals surface area contributed by atoms with Gasteiger partial charge in [-0.05, 0) is 30.3 Å². The normalized spacial score (nSPS) is 16.4. The molecule has 5 heteroatoms. The van der Waals surface area contributed by atoms with E-state index in [4.69, 9.17) is 16.3 Å². The lowest BCUT2D eigenvalue weighted by Crippen LogP contribution is -3.10. The molecule has 1 heterocycles. The molecule has 0 spiro atoms. The number of ether oxygens (including phenoxy) is 1. The number of aliphatic imine (C=N–C) groups is 1. The quantitative estimate of drug-likeness (QED) is 0.779. The van der Waals surface area contributed by atoms with Crippen LogP contribution in [0.4, 0.5) is 0 Å². The molecule has 1 aliphatic heterocycles. The first-order chi connectivity index (χ1) is 12.2. The Morgan fingerprint density at radius 2 is 2.04 bits per heavy atom. The fourth-order valence-electron chi connectivity index (χ4n) is 3.39. The summed E-state index contributed by atoms with van der Waals surface area (Å²) in [5.74, 6) is 1.07. The molecule has 2 aromatic rings. The zero-order valence-corrected chi connectivity index (χ0v) is 15.2. The monoisotopic (exact) mass is 359 g/mol. The average molecular weight is 360 g/mol. The summed E-state index contributed by atoms with van der Waals surface area (Å²) in [6.07, 6.45) is 4.23. The van der Waals surface area contributed by atoms with Gasteiger partial charge in [0.25, 0.3) is 0 Å². The summed E-state index contributed by atoms with van der Waals surface area (Å²) < 4.78 is 5.37. The molecule has 1 saturated heterocycles. The third kappa shape index (κ3) is 4.53. The van der Waals surface area contributed by atoms with Gasteiger partial charge < -0.3 is 14.7 Å². The van der Waals surface area contributed by atoms with Crippen molar-refractivity contribution in [1.29, 1.82) is 0 Å². The van der Waals surface area contributed by atoms with E-state index in [0.29, 0.717) is 17.1 Å². The second-order valence-electron chi connectivity index (χ2n) is 6.39. The minimum Gasteiger partial charge on any atom is -0.507 e. The standard InChI is InChI=1S/C20H23ClN2O2/c1-25-18-6-4-5-15(12-18)19(23-9-2-3-10-23)14-22-13-16-11-17(21)7-8-20(16)24/h4-8,11-13,19,24H,2-3,9-10,14H2,1H3/p+1/t19-/m0/s1. The molecule has 1 fully saturated rings. The maximum absolute atomic E-state index is 9.93. The number of phenolic OH excluding ortho intramolecular Hbond substituents is 1. The van der Waals surface area contributed by atoms with Crippen LogP contribution in [0.1, 0.15) is 30.0 Å². The Balaban J connectivity index is 1.80. The highest BCUT2D eigenvalue weighted by Gasteiger charge is 2.27. The number of aromatic hydroxyl groups is 1. The van der Waals surface area contributed by atoms with Crippen LogP contribution >= 0.6 is 11.6 Å². The molecule has 0 aromatic heterocycles. The predicted molar refractivity (Wildman–Crippen MR) is 101 cm³/mol. The van der Waals surface area contributed by atoms with E-state index in [-0.39, 0.29) is 11.8 Å². The number of likely N-dealkylation sites (tertiary alicyclic amines) is 1. The van der Waals surface area contributed by atoms with Crippen LogP contribution in [0.15, 0.2) is 47.5 Å². The Kier molecular flexibility index (Phi) is 5.95. The zero-order chi connectivity index (χ0) is 17.6. The van der Waals surface area contributed by atoms with Gasteiger partial charge in [0, 0.05) is 35.2 Å². The van der Waals surface area contributed by atoms with Crippen molar-refractivity contribution >= 4 is 17.8 Å². The van der Waals surface area contributed by atoms with Crippen LogP contribution in [-0.2, 0) is 0 Å². The number of hydrogen-bond acceptors (Lipinski definition) is 3. The molecule has 0 amide bonds. The van der Waals surface area contributed by atoms with Crippen molar-refractivity contribution in [3.8, 4) is 11.5 Å². The van der Waals surface area contributed by atoms with E-state index in [1.807, 2.05) is 12.1 Å². The van der Waals surface area contributed by atoms with Crippen LogP contribution in [0.25, 0.3) is 0 Å². The van der Waals surface area contributed by atoms with Crippen molar-refractivity contribution < 1.29 is 14.7 Å². The first kappa shape index (κ1) is 17.8. The number of hydrogen-bond donors (Lipinski definition) is 2. The molecule has 0 saturated carbocycles. The predicted octanol–water partition coefficient (Wildman–Crippen LogP) is 2.89. The van der Waals surface area contributed by atoms with E-state index in [9.17, 15) is 5.11 Å². The van der Waals surface area contributed by atoms with Crippen LogP contribution in [0.5, 0.6) is 11.5 Å². The van der Waals surface area contributed by atoms with Gasteiger partial charge in [-0.25, -0.2) is 0 Å². The average Bonchev–Trinajstić information content (AvgIpc) is 3.16. The van der Waals surface area contributed by atoms with Gasteiger partial charge in [-0.15, -0.1) is 0 Å². The van der Waals surface area contributed by atoms with Crippen LogP contribution in [0.2, 0.25) is 5.02 Å². The fourth-order valence-corrected chi connectivity index (χ4v) is 3.57. The Morgan fingerprint density at radius 1 is 1.24 bits per heavy atom. The second kappa shape index (κ2) is 8.37. The van der Waals surface area contributed by atoms with E-state index in [0.717, 1.165) is 5.75 Å². The first-order valence-electron chi connectivity index (χ1n) is 8.64. The van der Waals surface area contributed by atoms with Gasteiger partial charge in [-0.1, -0.05) is 23.7 Å². The third-order valence-electron chi connectivity index (χ3n) is 4.74. The van der Waals surface area contributed by atoms with E-state index in [1.165, 1.54) is 31.5 Å². The number of nitrogens with zero attached hydrogens (tertiary/aromatic N) is 1. The fraction of sp³-hybridized carbons (Fsp3) is 0.350. The Bertz CT molecular complexity index is 742. The molecule has 2 aromatic carbocycles. The van der Waals surface area contributed by atoms with Crippen molar-refractivity contribution in [3.63, 3.8) is 0 Å². The SMILES string of the molecule is COc1cccc([C@H](CN=Cc2cc(Cl)ccc2O)[NH+]2CCCC2)c1. The van der Waals surface area contributed by atoms with Crippen molar-refractivity contribution in [2.45, 2.75) is 18.9 Å². The molecular weight excluding hydrogens is 336 g/mol. The summed E-state index contributed by atoms with van der Waals surface area (Å²) >= 11 is 6.00. The lowest BCUT2D eigenvalue weighted by atomic mass is 10.1. The van der Waals surface area contributed by atoms with Gasteiger partial charge >= 0.3 is 0 Å². The van der Waals surface area contributed by atoms with E-state index >= 15 is 0 Å². The Morgan fingerprint density at radius 3 is 2.80 bits per heavy atom. The van der Waals surface area contributed by atoms with Gasteiger partial charge in [-0.2, -0.15) is 0 Å². The number of rotatable bonds is 6. The minimum absolute atomic E-state index is 0.194. The first-order valence-corrected chi connectivity index (χ1v) is 9.02. The maximum Gasteiger partial charge on any atom is 0.133 e. The molecule has 25 heavy (non-hydrogen) atoms. The highest BCUT2D eigenvalue weighted by molar-refractivity contribution is 6.30. The van der Waals surface area contributed by atoms with Gasteiger partial charge in [0.05, 0.1) is 26.7 Å². The number of benzene rings is 2. The summed E-state index contributed by atoms with van der Waals surface area (Å²) in [7, 11) is 1.69. The van der Waals surface area contributed by atoms with Gasteiger partial charge in [0.2, 0.25) is 0 Å². The number of quaternary nitrogens is 1. The van der Waals surface area contributed by atoms with Crippen molar-refractivity contribution in [3.05, 3.63) is 58.6 Å². The smallest absolute Gasteiger partial charge is 0.133 e. The highest BCUT2D eigenvalue weighted by Crippen LogP contribution is 2.21. The third-order valence-corrected chi connectivity index (χ3v) is 4.98. The van der Waals surface area contributed by atoms with Crippen molar-refractivity contribution in [2.24, 2.45) is 4.99 Å². The molecule has 0 unspecified atom stereocenters. The van der Waals surface area contributed by atoms with Gasteiger partial charge in [-0.3, -0.25) is 4.99 Å². The topological polar surface area (TPSA) is 46.3 Å². The second-order valence-corrected chi connectivity index (χ2v) is 6.83. The molecule has 1 atom stereocenters. The van der Waals surface area contributed by atoms with E-state index in [2.05, 4.69) is 17.1 Å². The molecule has 0 aliphatic carbocycles. The molecule has 2 N–H and O–H groups in total. The lowest BCUT2D eigenvalue weighted by molar-refractivity contribution is -0.918. The molecule has 4 nitrogen and oxygen atoms in total. The number of halogens is 1. The minimum atomic E-state index is 0.194. The van der Waals surface area contributed by atoms with Gasteiger partial charge in [0.15, 0.2) is 0 Å². The molecule has 132 valence electrons. The number of nitrogens with one attached hydrogen (secondary N) is 1. The summed E-state index contributed by atoms with van der Waals surface area (Å²) in [6, 6.07) is 13.5. The highest BCUT2D eigenvalue weighted by atomic mass is 35.5. The molecule has 0 radical (unpaired) electrons. The van der Waals surface area contributed by atoms with E-state index < -0.39 is 0 Å². The van der Waals surface area contributed by atoms with Crippen LogP contribution in [0.3, 0.4) is 0 Å². The molecule has 0 bridgehead atoms. The lowest BCUT2D eigenvalue weighted by Gasteiger charge is -2.24. The summed E-state index contributed by atoms with van der Waals surface area (Å²) in [5, 5.41) is 10.5. The Labute approximate surface area is 153 Å². The molecular formula is C20H24ClN2O2+. The van der Waals surface area contributed by atoms with Crippen LogP contribution < -0.4 is 9.64 Å². The maximum atomic E-state index is 9.93. The number of methoxy groups -OCH3 is 1. The van der Waals surface area contributed by atoms with Crippen molar-refractivity contribution in [2.75, 3.05) is 26.7 Å². The van der Waals surface area contributed by atoms with E-state index in [1.54, 1.807) is 36.4 Å². The Hall–Kier alpha value is -2.04. The summed E-state index contributed by atoms with van der Waals surface area (Å²) in [4.78, 5) is 6.17. The summed E-state index contributed by atoms with van der Waals surface area (Å²) in [5.41, 5.74) is 1.89. The molecule has 1 aliphatic rings. The van der Waals surface area contributed by atoms with Crippen molar-refractivity contribution in [1.82, 2.24) is 0 Å². The molecule has 3 rings (SSSR count). The largest absolute Gasteiger partial charge is 0.507 e. The summed E-state index contributed by atoms with van der Waals surface area (Å²) in [6.45, 7) is 2.99. The van der Waals surface area contributed by atoms with Crippen LogP contribution in [-0.4, -0.2) is 38.1 Å². The zero-order valence-electron chi connectivity index (χ0n) is 14.4. The number of phenols is 1.